The van der Waals surface area contributed by atoms with Gasteiger partial charge in [-0.2, -0.15) is 5.10 Å². The van der Waals surface area contributed by atoms with Gasteiger partial charge < -0.3 is 20.7 Å². The molecule has 26 heavy (non-hydrogen) atoms. The topological polar surface area (TPSA) is 118 Å². The van der Waals surface area contributed by atoms with Crippen LogP contribution >= 0.6 is 0 Å². The van der Waals surface area contributed by atoms with Gasteiger partial charge in [-0.1, -0.05) is 29.4 Å². The maximum atomic E-state index is 12.1. The monoisotopic (exact) mass is 358 g/mol. The third-order valence-electron chi connectivity index (χ3n) is 4.89. The van der Waals surface area contributed by atoms with E-state index in [1.54, 1.807) is 11.1 Å². The van der Waals surface area contributed by atoms with E-state index >= 15 is 0 Å². The summed E-state index contributed by atoms with van der Waals surface area (Å²) in [5.41, 5.74) is 2.44. The Morgan fingerprint density at radius 2 is 1.96 bits per heavy atom. The van der Waals surface area contributed by atoms with Crippen molar-refractivity contribution >= 4 is 23.8 Å². The van der Waals surface area contributed by atoms with E-state index in [4.69, 9.17) is 15.8 Å². The van der Waals surface area contributed by atoms with Crippen molar-refractivity contribution in [1.29, 1.82) is 0 Å². The van der Waals surface area contributed by atoms with Crippen LogP contribution in [0.15, 0.2) is 34.5 Å². The van der Waals surface area contributed by atoms with E-state index in [0.717, 1.165) is 16.8 Å². The summed E-state index contributed by atoms with van der Waals surface area (Å²) in [5, 5.41) is 16.5. The Morgan fingerprint density at radius 3 is 2.58 bits per heavy atom. The summed E-state index contributed by atoms with van der Waals surface area (Å²) in [6, 6.07) is 7.76. The molecule has 1 saturated heterocycles. The molecule has 1 amide bonds. The van der Waals surface area contributed by atoms with Gasteiger partial charge in [0.25, 0.3) is 0 Å². The molecule has 8 nitrogen and oxygen atoms in total. The number of amides is 1. The zero-order chi connectivity index (χ0) is 18.6. The number of nitrogens with two attached hydrogens (primary N) is 1. The van der Waals surface area contributed by atoms with Crippen LogP contribution in [0.3, 0.4) is 0 Å². The van der Waals surface area contributed by atoms with Gasteiger partial charge in [0.15, 0.2) is 0 Å². The smallest absolute Gasteiger partial charge is 0.303 e. The van der Waals surface area contributed by atoms with Gasteiger partial charge >= 0.3 is 5.97 Å². The average molecular weight is 358 g/mol. The second-order valence-corrected chi connectivity index (χ2v) is 6.66. The number of benzene rings is 1. The fraction of sp³-hybridized carbons (Fsp3) is 0.444. The van der Waals surface area contributed by atoms with E-state index in [9.17, 15) is 9.59 Å². The lowest BCUT2D eigenvalue weighted by Crippen LogP contribution is -2.46. The van der Waals surface area contributed by atoms with Crippen LogP contribution in [0.5, 0.6) is 0 Å². The van der Waals surface area contributed by atoms with Crippen LogP contribution in [0, 0.1) is 0 Å². The Bertz CT molecular complexity index is 734. The molecule has 0 saturated carbocycles. The Labute approximate surface area is 151 Å². The highest BCUT2D eigenvalue weighted by atomic mass is 16.7. The van der Waals surface area contributed by atoms with Gasteiger partial charge in [0.1, 0.15) is 5.60 Å². The lowest BCUT2D eigenvalue weighted by atomic mass is 9.85. The first-order chi connectivity index (χ1) is 12.5. The van der Waals surface area contributed by atoms with Crippen LogP contribution in [-0.2, 0) is 14.4 Å². The van der Waals surface area contributed by atoms with Gasteiger partial charge in [0.05, 0.1) is 18.3 Å². The van der Waals surface area contributed by atoms with Gasteiger partial charge in [0.2, 0.25) is 5.91 Å². The van der Waals surface area contributed by atoms with Gasteiger partial charge in [-0.25, -0.2) is 0 Å². The lowest BCUT2D eigenvalue weighted by molar-refractivity contribution is -0.143. The van der Waals surface area contributed by atoms with Crippen molar-refractivity contribution in [3.63, 3.8) is 0 Å². The zero-order valence-electron chi connectivity index (χ0n) is 14.4. The number of carboxylic acids is 1. The summed E-state index contributed by atoms with van der Waals surface area (Å²) in [4.78, 5) is 30.1. The summed E-state index contributed by atoms with van der Waals surface area (Å²) in [5.74, 6) is 4.09. The molecule has 1 spiro atoms. The van der Waals surface area contributed by atoms with E-state index in [0.29, 0.717) is 32.4 Å². The van der Waals surface area contributed by atoms with E-state index in [2.05, 4.69) is 10.3 Å². The standard InChI is InChI=1S/C18H22N4O4/c19-20-12-13-1-3-14(4-2-13)15-11-18(26-21-15)7-9-22(10-8-18)16(23)5-6-17(24)25/h1-4,12H,5-11,19H2,(H,24,25). The number of carboxylic acid groups (broad SMARTS) is 1. The minimum Gasteiger partial charge on any atom is -0.481 e. The number of aliphatic carboxylic acids is 1. The molecule has 0 atom stereocenters. The molecule has 138 valence electrons. The molecule has 2 aliphatic heterocycles. The minimum absolute atomic E-state index is 0.0450. The van der Waals surface area contributed by atoms with E-state index in [1.807, 2.05) is 24.3 Å². The Balaban J connectivity index is 1.55. The molecule has 0 radical (unpaired) electrons. The fourth-order valence-electron chi connectivity index (χ4n) is 3.33. The van der Waals surface area contributed by atoms with Gasteiger partial charge in [0, 0.05) is 38.8 Å². The normalized spacial score (nSPS) is 18.8. The number of hydrogen-bond acceptors (Lipinski definition) is 6. The van der Waals surface area contributed by atoms with Crippen LogP contribution in [0.4, 0.5) is 0 Å². The highest BCUT2D eigenvalue weighted by Gasteiger charge is 2.43. The first kappa shape index (κ1) is 17.9. The molecule has 0 aliphatic carbocycles. The average Bonchev–Trinajstić information content (AvgIpc) is 3.05. The first-order valence-electron chi connectivity index (χ1n) is 8.60. The maximum Gasteiger partial charge on any atom is 0.303 e. The van der Waals surface area contributed by atoms with E-state index in [-0.39, 0.29) is 24.3 Å². The molecule has 2 aliphatic rings. The number of hydrogen-bond donors (Lipinski definition) is 2. The molecule has 3 rings (SSSR count). The van der Waals surface area contributed by atoms with Crippen LogP contribution in [0.2, 0.25) is 0 Å². The van der Waals surface area contributed by atoms with Crippen LogP contribution in [-0.4, -0.2) is 52.5 Å². The van der Waals surface area contributed by atoms with Gasteiger partial charge in [-0.15, -0.1) is 0 Å². The SMILES string of the molecule is NN=Cc1ccc(C2=NOC3(CCN(C(=O)CCC(=O)O)CC3)C2)cc1. The quantitative estimate of drug-likeness (QED) is 0.468. The molecule has 0 aromatic heterocycles. The third kappa shape index (κ3) is 4.01. The largest absolute Gasteiger partial charge is 0.481 e. The number of hydrazone groups is 1. The second kappa shape index (κ2) is 7.55. The number of rotatable bonds is 5. The van der Waals surface area contributed by atoms with Crippen molar-refractivity contribution < 1.29 is 19.5 Å². The molecular weight excluding hydrogens is 336 g/mol. The zero-order valence-corrected chi connectivity index (χ0v) is 14.4. The number of nitrogens with zero attached hydrogens (tertiary/aromatic N) is 3. The summed E-state index contributed by atoms with van der Waals surface area (Å²) >= 11 is 0. The van der Waals surface area contributed by atoms with Crippen LogP contribution < -0.4 is 5.84 Å². The number of carbonyl (C=O) groups is 2. The van der Waals surface area contributed by atoms with Crippen molar-refractivity contribution in [3.8, 4) is 0 Å². The fourth-order valence-corrected chi connectivity index (χ4v) is 3.33. The molecule has 0 bridgehead atoms. The van der Waals surface area contributed by atoms with Crippen molar-refractivity contribution in [1.82, 2.24) is 4.90 Å². The van der Waals surface area contributed by atoms with Crippen LogP contribution in [0.25, 0.3) is 0 Å². The van der Waals surface area contributed by atoms with Crippen molar-refractivity contribution in [2.24, 2.45) is 16.1 Å². The second-order valence-electron chi connectivity index (χ2n) is 6.66. The number of carbonyl (C=O) groups excluding carboxylic acids is 1. The van der Waals surface area contributed by atoms with Crippen molar-refractivity contribution in [2.75, 3.05) is 13.1 Å². The number of piperidine rings is 1. The maximum absolute atomic E-state index is 12.1. The predicted octanol–water partition coefficient (Wildman–Crippen LogP) is 1.33. The van der Waals surface area contributed by atoms with Gasteiger partial charge in [-0.3, -0.25) is 9.59 Å². The number of likely N-dealkylation sites (tertiary alicyclic amines) is 1. The first-order valence-corrected chi connectivity index (χ1v) is 8.60. The Morgan fingerprint density at radius 1 is 1.27 bits per heavy atom. The molecule has 1 aromatic carbocycles. The lowest BCUT2D eigenvalue weighted by Gasteiger charge is -2.37. The summed E-state index contributed by atoms with van der Waals surface area (Å²) in [6.45, 7) is 1.13. The van der Waals surface area contributed by atoms with Crippen LogP contribution in [0.1, 0.15) is 43.2 Å². The molecule has 2 heterocycles. The van der Waals surface area contributed by atoms with Crippen molar-refractivity contribution in [2.45, 2.75) is 37.7 Å². The molecule has 1 fully saturated rings. The van der Waals surface area contributed by atoms with Crippen molar-refractivity contribution in [3.05, 3.63) is 35.4 Å². The highest BCUT2D eigenvalue weighted by molar-refractivity contribution is 6.02. The summed E-state index contributed by atoms with van der Waals surface area (Å²) < 4.78 is 0. The summed E-state index contributed by atoms with van der Waals surface area (Å²) in [7, 11) is 0. The van der Waals surface area contributed by atoms with Gasteiger partial charge in [-0.05, 0) is 11.1 Å². The van der Waals surface area contributed by atoms with E-state index < -0.39 is 5.97 Å². The predicted molar refractivity (Wildman–Crippen MR) is 95.9 cm³/mol. The third-order valence-corrected chi connectivity index (χ3v) is 4.89. The number of oxime groups is 1. The molecule has 8 heteroatoms. The minimum atomic E-state index is -0.951. The highest BCUT2D eigenvalue weighted by Crippen LogP contribution is 2.36. The Kier molecular flexibility index (Phi) is 5.20. The summed E-state index contributed by atoms with van der Waals surface area (Å²) in [6.07, 6.45) is 3.58. The molecule has 0 unspecified atom stereocenters. The van der Waals surface area contributed by atoms with E-state index in [1.165, 1.54) is 0 Å². The molecule has 3 N–H and O–H groups in total. The Hall–Kier alpha value is -2.90. The molecule has 1 aromatic rings. The molecular formula is C18H22N4O4.